The zero-order valence-electron chi connectivity index (χ0n) is 15.7. The quantitative estimate of drug-likeness (QED) is 0.558. The summed E-state index contributed by atoms with van der Waals surface area (Å²) in [4.78, 5) is 15.7. The number of nitrogens with one attached hydrogen (secondary N) is 2. The molecule has 154 valence electrons. The lowest BCUT2D eigenvalue weighted by Crippen LogP contribution is -2.40. The molecule has 0 unspecified atom stereocenters. The summed E-state index contributed by atoms with van der Waals surface area (Å²) in [5, 5.41) is 21.1. The van der Waals surface area contributed by atoms with Gasteiger partial charge in [-0.05, 0) is 17.2 Å². The Hall–Kier alpha value is -2.87. The van der Waals surface area contributed by atoms with Crippen molar-refractivity contribution in [3.05, 3.63) is 53.9 Å². The van der Waals surface area contributed by atoms with E-state index in [-0.39, 0.29) is 6.54 Å². The highest BCUT2D eigenvalue weighted by Gasteiger charge is 2.22. The van der Waals surface area contributed by atoms with Gasteiger partial charge in [0.2, 0.25) is 15.9 Å². The molecule has 3 N–H and O–H groups in total. The van der Waals surface area contributed by atoms with Crippen LogP contribution in [0.2, 0.25) is 0 Å². The number of pyridine rings is 1. The van der Waals surface area contributed by atoms with Crippen molar-refractivity contribution < 1.29 is 22.7 Å². The van der Waals surface area contributed by atoms with E-state index in [1.807, 2.05) is 0 Å². The van der Waals surface area contributed by atoms with Gasteiger partial charge in [0.25, 0.3) is 0 Å². The van der Waals surface area contributed by atoms with E-state index in [9.17, 15) is 22.7 Å². The molecule has 0 radical (unpaired) electrons. The van der Waals surface area contributed by atoms with Crippen LogP contribution in [0.4, 0.5) is 4.39 Å². The van der Waals surface area contributed by atoms with Crippen LogP contribution >= 0.6 is 0 Å². The van der Waals surface area contributed by atoms with Gasteiger partial charge < -0.3 is 10.4 Å². The van der Waals surface area contributed by atoms with E-state index < -0.39 is 41.2 Å². The molecule has 29 heavy (non-hydrogen) atoms. The fourth-order valence-electron chi connectivity index (χ4n) is 2.54. The molecule has 0 fully saturated rings. The topological polar surface area (TPSA) is 132 Å². The number of aliphatic hydroxyl groups is 1. The highest BCUT2D eigenvalue weighted by Crippen LogP contribution is 2.23. The number of benzene rings is 1. The smallest absolute Gasteiger partial charge is 0.234 e. The van der Waals surface area contributed by atoms with Crippen LogP contribution < -0.4 is 10.0 Å². The molecular formula is C19H21FN4O4S. The summed E-state index contributed by atoms with van der Waals surface area (Å²) in [6, 6.07) is 10.6. The molecule has 0 bridgehead atoms. The standard InChI is InChI=1S/C19H21FN4O4S/c1-29(27,28)23-12-16-7-6-15(11-22-16)13-2-4-14(5-3-13)19(26)17(10-20)24-18(25)8-9-21/h2-7,11,17,19,23,26H,8,10,12H2,1H3,(H,24,25)/t17-,19-/m1/s1. The first-order valence-corrected chi connectivity index (χ1v) is 10.5. The lowest BCUT2D eigenvalue weighted by molar-refractivity contribution is -0.121. The van der Waals surface area contributed by atoms with Crippen LogP contribution in [-0.2, 0) is 21.4 Å². The number of carbonyl (C=O) groups is 1. The van der Waals surface area contributed by atoms with Crippen molar-refractivity contribution in [3.8, 4) is 17.2 Å². The van der Waals surface area contributed by atoms with Gasteiger partial charge in [0.15, 0.2) is 0 Å². The summed E-state index contributed by atoms with van der Waals surface area (Å²) in [5.41, 5.74) is 2.54. The Morgan fingerprint density at radius 2 is 1.90 bits per heavy atom. The third-order valence-corrected chi connectivity index (χ3v) is 4.73. The maximum atomic E-state index is 13.2. The van der Waals surface area contributed by atoms with Crippen molar-refractivity contribution in [1.29, 1.82) is 5.26 Å². The molecule has 1 aromatic heterocycles. The molecule has 0 saturated carbocycles. The molecule has 0 aliphatic heterocycles. The fourth-order valence-corrected chi connectivity index (χ4v) is 2.95. The molecule has 0 aliphatic carbocycles. The Morgan fingerprint density at radius 1 is 1.24 bits per heavy atom. The zero-order chi connectivity index (χ0) is 21.4. The van der Waals surface area contributed by atoms with Crippen LogP contribution in [0.15, 0.2) is 42.6 Å². The molecule has 1 amide bonds. The molecule has 2 aromatic rings. The third kappa shape index (κ3) is 6.90. The number of carbonyl (C=O) groups excluding carboxylic acids is 1. The van der Waals surface area contributed by atoms with Crippen LogP contribution in [0.3, 0.4) is 0 Å². The minimum Gasteiger partial charge on any atom is -0.386 e. The number of nitriles is 1. The molecule has 0 aliphatic rings. The Balaban J connectivity index is 2.07. The number of alkyl halides is 1. The second-order valence-corrected chi connectivity index (χ2v) is 8.19. The highest BCUT2D eigenvalue weighted by atomic mass is 32.2. The summed E-state index contributed by atoms with van der Waals surface area (Å²) >= 11 is 0. The van der Waals surface area contributed by atoms with Crippen molar-refractivity contribution in [2.75, 3.05) is 12.9 Å². The third-order valence-electron chi connectivity index (χ3n) is 4.06. The van der Waals surface area contributed by atoms with Crippen LogP contribution in [0.1, 0.15) is 23.8 Å². The average molecular weight is 420 g/mol. The van der Waals surface area contributed by atoms with Gasteiger partial charge in [-0.1, -0.05) is 30.3 Å². The van der Waals surface area contributed by atoms with Gasteiger partial charge in [-0.3, -0.25) is 9.78 Å². The van der Waals surface area contributed by atoms with Crippen LogP contribution in [0.25, 0.3) is 11.1 Å². The van der Waals surface area contributed by atoms with E-state index in [1.165, 1.54) is 0 Å². The Kier molecular flexibility index (Phi) is 7.78. The second kappa shape index (κ2) is 10.1. The maximum absolute atomic E-state index is 13.2. The van der Waals surface area contributed by atoms with Gasteiger partial charge in [0.1, 0.15) is 19.2 Å². The van der Waals surface area contributed by atoms with Crippen molar-refractivity contribution in [2.24, 2.45) is 0 Å². The van der Waals surface area contributed by atoms with E-state index >= 15 is 0 Å². The normalized spacial score (nSPS) is 13.3. The van der Waals surface area contributed by atoms with Gasteiger partial charge in [-0.25, -0.2) is 17.5 Å². The van der Waals surface area contributed by atoms with E-state index in [4.69, 9.17) is 5.26 Å². The number of rotatable bonds is 9. The van der Waals surface area contributed by atoms with Gasteiger partial charge in [0, 0.05) is 11.8 Å². The number of aliphatic hydroxyl groups excluding tert-OH is 1. The first kappa shape index (κ1) is 22.4. The number of hydrogen-bond donors (Lipinski definition) is 3. The number of aromatic nitrogens is 1. The lowest BCUT2D eigenvalue weighted by atomic mass is 9.99. The first-order chi connectivity index (χ1) is 13.7. The monoisotopic (exact) mass is 420 g/mol. The highest BCUT2D eigenvalue weighted by molar-refractivity contribution is 7.88. The molecule has 0 spiro atoms. The Morgan fingerprint density at radius 3 is 2.41 bits per heavy atom. The Bertz CT molecular complexity index is 973. The number of hydrogen-bond acceptors (Lipinski definition) is 6. The molecule has 8 nitrogen and oxygen atoms in total. The van der Waals surface area contributed by atoms with E-state index in [0.717, 1.165) is 17.4 Å². The second-order valence-electron chi connectivity index (χ2n) is 6.36. The summed E-state index contributed by atoms with van der Waals surface area (Å²) < 4.78 is 37.8. The average Bonchev–Trinajstić information content (AvgIpc) is 2.70. The number of nitrogens with zero attached hydrogens (tertiary/aromatic N) is 2. The molecule has 0 saturated heterocycles. The van der Waals surface area contributed by atoms with Crippen LogP contribution in [-0.4, -0.2) is 43.4 Å². The molecular weight excluding hydrogens is 399 g/mol. The molecule has 1 heterocycles. The first-order valence-electron chi connectivity index (χ1n) is 8.63. The van der Waals surface area contributed by atoms with Crippen molar-refractivity contribution >= 4 is 15.9 Å². The number of halogens is 1. The fraction of sp³-hybridized carbons (Fsp3) is 0.316. The van der Waals surface area contributed by atoms with Gasteiger partial charge in [-0.2, -0.15) is 5.26 Å². The van der Waals surface area contributed by atoms with Crippen molar-refractivity contribution in [2.45, 2.75) is 25.1 Å². The molecule has 2 rings (SSSR count). The van der Waals surface area contributed by atoms with Gasteiger partial charge in [0.05, 0.1) is 30.6 Å². The summed E-state index contributed by atoms with van der Waals surface area (Å²) in [5.74, 6) is -0.651. The number of sulfonamides is 1. The van der Waals surface area contributed by atoms with Crippen LogP contribution in [0, 0.1) is 11.3 Å². The summed E-state index contributed by atoms with van der Waals surface area (Å²) in [6.45, 7) is -0.890. The largest absolute Gasteiger partial charge is 0.386 e. The zero-order valence-corrected chi connectivity index (χ0v) is 16.5. The predicted molar refractivity (Wildman–Crippen MR) is 104 cm³/mol. The van der Waals surface area contributed by atoms with Gasteiger partial charge >= 0.3 is 0 Å². The van der Waals surface area contributed by atoms with E-state index in [0.29, 0.717) is 11.3 Å². The van der Waals surface area contributed by atoms with Crippen molar-refractivity contribution in [1.82, 2.24) is 15.0 Å². The SMILES string of the molecule is CS(=O)(=O)NCc1ccc(-c2ccc([C@@H](O)[C@@H](CF)NC(=O)CC#N)cc2)cn1. The molecule has 10 heteroatoms. The molecule has 2 atom stereocenters. The Labute approximate surface area is 168 Å². The van der Waals surface area contributed by atoms with Crippen LogP contribution in [0.5, 0.6) is 0 Å². The predicted octanol–water partition coefficient (Wildman–Crippen LogP) is 1.20. The van der Waals surface area contributed by atoms with Crippen molar-refractivity contribution in [3.63, 3.8) is 0 Å². The van der Waals surface area contributed by atoms with E-state index in [1.54, 1.807) is 48.7 Å². The lowest BCUT2D eigenvalue weighted by Gasteiger charge is -2.21. The summed E-state index contributed by atoms with van der Waals surface area (Å²) in [7, 11) is -3.30. The summed E-state index contributed by atoms with van der Waals surface area (Å²) in [6.07, 6.45) is 0.987. The molecule has 1 aromatic carbocycles. The maximum Gasteiger partial charge on any atom is 0.234 e. The number of amides is 1. The van der Waals surface area contributed by atoms with E-state index in [2.05, 4.69) is 15.0 Å². The minimum absolute atomic E-state index is 0.0897. The van der Waals surface area contributed by atoms with Gasteiger partial charge in [-0.15, -0.1) is 0 Å². The minimum atomic E-state index is -3.30.